The minimum absolute atomic E-state index is 0.00924. The number of aliphatic imine (C=N–C) groups is 1. The van der Waals surface area contributed by atoms with Gasteiger partial charge in [0.2, 0.25) is 5.91 Å². The van der Waals surface area contributed by atoms with Crippen LogP contribution in [-0.2, 0) is 4.79 Å². The second kappa shape index (κ2) is 3.80. The zero-order valence-corrected chi connectivity index (χ0v) is 8.21. The van der Waals surface area contributed by atoms with Gasteiger partial charge in [-0.05, 0) is 12.1 Å². The van der Waals surface area contributed by atoms with Gasteiger partial charge in [0.25, 0.3) is 0 Å². The number of carbonyl (C=O) groups excluding carboxylic acids is 1. The molecule has 1 amide bonds. The molecule has 1 aliphatic rings. The maximum Gasteiger partial charge on any atom is 0.227 e. The van der Waals surface area contributed by atoms with Crippen LogP contribution in [0.25, 0.3) is 0 Å². The van der Waals surface area contributed by atoms with E-state index in [1.54, 1.807) is 12.1 Å². The van der Waals surface area contributed by atoms with Crippen molar-refractivity contribution < 1.29 is 4.79 Å². The van der Waals surface area contributed by atoms with Crippen molar-refractivity contribution in [2.75, 3.05) is 6.54 Å². The van der Waals surface area contributed by atoms with Crippen LogP contribution < -0.4 is 5.32 Å². The van der Waals surface area contributed by atoms with Crippen LogP contribution in [0.1, 0.15) is 12.0 Å². The SMILES string of the molecule is O=C1CCN=C(c2cccc(Cl)c2)N1. The van der Waals surface area contributed by atoms with Gasteiger partial charge in [-0.15, -0.1) is 0 Å². The number of carbonyl (C=O) groups is 1. The normalized spacial score (nSPS) is 16.1. The van der Waals surface area contributed by atoms with E-state index < -0.39 is 0 Å². The first-order valence-electron chi connectivity index (χ1n) is 4.36. The third-order valence-electron chi connectivity index (χ3n) is 1.96. The number of amidine groups is 1. The molecule has 0 fully saturated rings. The predicted molar refractivity (Wildman–Crippen MR) is 55.6 cm³/mol. The molecule has 2 rings (SSSR count). The van der Waals surface area contributed by atoms with Crippen molar-refractivity contribution >= 4 is 23.3 Å². The molecule has 0 atom stereocenters. The number of halogens is 1. The van der Waals surface area contributed by atoms with E-state index >= 15 is 0 Å². The second-order valence-corrected chi connectivity index (χ2v) is 3.48. The highest BCUT2D eigenvalue weighted by Crippen LogP contribution is 2.12. The summed E-state index contributed by atoms with van der Waals surface area (Å²) in [6, 6.07) is 7.28. The van der Waals surface area contributed by atoms with E-state index in [0.29, 0.717) is 23.8 Å². The lowest BCUT2D eigenvalue weighted by Crippen LogP contribution is -2.35. The molecule has 0 radical (unpaired) electrons. The summed E-state index contributed by atoms with van der Waals surface area (Å²) < 4.78 is 0. The monoisotopic (exact) mass is 208 g/mol. The zero-order chi connectivity index (χ0) is 9.97. The largest absolute Gasteiger partial charge is 0.310 e. The molecule has 3 nitrogen and oxygen atoms in total. The summed E-state index contributed by atoms with van der Waals surface area (Å²) in [5.41, 5.74) is 0.852. The zero-order valence-electron chi connectivity index (χ0n) is 7.46. The standard InChI is InChI=1S/C10H9ClN2O/c11-8-3-1-2-7(6-8)10-12-5-4-9(14)13-10/h1-3,6H,4-5H2,(H,12,13,14). The lowest BCUT2D eigenvalue weighted by Gasteiger charge is -2.13. The van der Waals surface area contributed by atoms with Crippen LogP contribution in [0.4, 0.5) is 0 Å². The van der Waals surface area contributed by atoms with Crippen molar-refractivity contribution in [1.29, 1.82) is 0 Å². The number of amides is 1. The molecule has 4 heteroatoms. The Labute approximate surface area is 86.8 Å². The van der Waals surface area contributed by atoms with Gasteiger partial charge in [0, 0.05) is 17.0 Å². The Morgan fingerprint density at radius 3 is 3.00 bits per heavy atom. The van der Waals surface area contributed by atoms with Gasteiger partial charge >= 0.3 is 0 Å². The highest BCUT2D eigenvalue weighted by atomic mass is 35.5. The van der Waals surface area contributed by atoms with E-state index in [2.05, 4.69) is 10.3 Å². The molecule has 14 heavy (non-hydrogen) atoms. The van der Waals surface area contributed by atoms with Crippen molar-refractivity contribution in [1.82, 2.24) is 5.32 Å². The average Bonchev–Trinajstić information content (AvgIpc) is 2.18. The first-order chi connectivity index (χ1) is 6.75. The Bertz CT molecular complexity index is 401. The topological polar surface area (TPSA) is 41.5 Å². The van der Waals surface area contributed by atoms with E-state index in [-0.39, 0.29) is 5.91 Å². The van der Waals surface area contributed by atoms with E-state index in [0.717, 1.165) is 5.56 Å². The van der Waals surface area contributed by atoms with E-state index in [1.165, 1.54) is 0 Å². The van der Waals surface area contributed by atoms with Gasteiger partial charge in [0.1, 0.15) is 5.84 Å². The van der Waals surface area contributed by atoms with Crippen LogP contribution in [-0.4, -0.2) is 18.3 Å². The van der Waals surface area contributed by atoms with Crippen LogP contribution in [0.2, 0.25) is 5.02 Å². The lowest BCUT2D eigenvalue weighted by molar-refractivity contribution is -0.119. The Kier molecular flexibility index (Phi) is 2.50. The van der Waals surface area contributed by atoms with Gasteiger partial charge in [-0.1, -0.05) is 23.7 Å². The summed E-state index contributed by atoms with van der Waals surface area (Å²) >= 11 is 5.83. The summed E-state index contributed by atoms with van der Waals surface area (Å²) in [5, 5.41) is 3.36. The summed E-state index contributed by atoms with van der Waals surface area (Å²) in [6.45, 7) is 0.549. The highest BCUT2D eigenvalue weighted by Gasteiger charge is 2.12. The van der Waals surface area contributed by atoms with Crippen LogP contribution >= 0.6 is 11.6 Å². The molecule has 0 unspecified atom stereocenters. The average molecular weight is 209 g/mol. The Morgan fingerprint density at radius 1 is 1.43 bits per heavy atom. The predicted octanol–water partition coefficient (Wildman–Crippen LogP) is 1.61. The number of hydrogen-bond acceptors (Lipinski definition) is 2. The fourth-order valence-corrected chi connectivity index (χ4v) is 1.49. The number of benzene rings is 1. The summed E-state index contributed by atoms with van der Waals surface area (Å²) in [4.78, 5) is 15.3. The maximum absolute atomic E-state index is 11.1. The number of nitrogens with zero attached hydrogens (tertiary/aromatic N) is 1. The van der Waals surface area contributed by atoms with Crippen LogP contribution in [0.15, 0.2) is 29.3 Å². The van der Waals surface area contributed by atoms with E-state index in [1.807, 2.05) is 12.1 Å². The molecule has 0 spiro atoms. The van der Waals surface area contributed by atoms with E-state index in [9.17, 15) is 4.79 Å². The lowest BCUT2D eigenvalue weighted by atomic mass is 10.2. The molecule has 0 aromatic heterocycles. The molecule has 1 aromatic rings. The van der Waals surface area contributed by atoms with E-state index in [4.69, 9.17) is 11.6 Å². The fraction of sp³-hybridized carbons (Fsp3) is 0.200. The molecular formula is C10H9ClN2O. The van der Waals surface area contributed by atoms with Gasteiger partial charge in [0.05, 0.1) is 6.54 Å². The Hall–Kier alpha value is -1.35. The molecule has 0 bridgehead atoms. The number of nitrogens with one attached hydrogen (secondary N) is 1. The second-order valence-electron chi connectivity index (χ2n) is 3.04. The minimum atomic E-state index is 0.00924. The molecule has 72 valence electrons. The fourth-order valence-electron chi connectivity index (χ4n) is 1.30. The van der Waals surface area contributed by atoms with Gasteiger partial charge < -0.3 is 5.32 Å². The van der Waals surface area contributed by atoms with Gasteiger partial charge in [0.15, 0.2) is 0 Å². The van der Waals surface area contributed by atoms with Crippen LogP contribution in [0, 0.1) is 0 Å². The molecule has 0 aliphatic carbocycles. The Morgan fingerprint density at radius 2 is 2.29 bits per heavy atom. The van der Waals surface area contributed by atoms with Crippen molar-refractivity contribution in [3.05, 3.63) is 34.9 Å². The van der Waals surface area contributed by atoms with Crippen molar-refractivity contribution in [3.63, 3.8) is 0 Å². The highest BCUT2D eigenvalue weighted by molar-refractivity contribution is 6.31. The van der Waals surface area contributed by atoms with Crippen molar-refractivity contribution in [2.24, 2.45) is 4.99 Å². The molecular weight excluding hydrogens is 200 g/mol. The quantitative estimate of drug-likeness (QED) is 0.749. The first-order valence-corrected chi connectivity index (χ1v) is 4.74. The first kappa shape index (κ1) is 9.21. The summed E-state index contributed by atoms with van der Waals surface area (Å²) in [6.07, 6.45) is 0.462. The van der Waals surface area contributed by atoms with Crippen LogP contribution in [0.5, 0.6) is 0 Å². The van der Waals surface area contributed by atoms with Crippen LogP contribution in [0.3, 0.4) is 0 Å². The summed E-state index contributed by atoms with van der Waals surface area (Å²) in [7, 11) is 0. The summed E-state index contributed by atoms with van der Waals surface area (Å²) in [5.74, 6) is 0.624. The third kappa shape index (κ3) is 1.93. The van der Waals surface area contributed by atoms with Gasteiger partial charge in [-0.2, -0.15) is 0 Å². The number of rotatable bonds is 1. The number of hydrogen-bond donors (Lipinski definition) is 1. The third-order valence-corrected chi connectivity index (χ3v) is 2.20. The molecule has 0 saturated carbocycles. The van der Waals surface area contributed by atoms with Crippen molar-refractivity contribution in [2.45, 2.75) is 6.42 Å². The van der Waals surface area contributed by atoms with Gasteiger partial charge in [-0.25, -0.2) is 0 Å². The maximum atomic E-state index is 11.1. The molecule has 0 saturated heterocycles. The Balaban J connectivity index is 2.31. The van der Waals surface area contributed by atoms with Crippen molar-refractivity contribution in [3.8, 4) is 0 Å². The minimum Gasteiger partial charge on any atom is -0.310 e. The molecule has 1 N–H and O–H groups in total. The molecule has 1 heterocycles. The van der Waals surface area contributed by atoms with Gasteiger partial charge in [-0.3, -0.25) is 9.79 Å². The molecule has 1 aromatic carbocycles. The smallest absolute Gasteiger partial charge is 0.227 e. The molecule has 1 aliphatic heterocycles.